The monoisotopic (exact) mass is 575 g/mol. The van der Waals surface area contributed by atoms with Crippen molar-refractivity contribution in [1.82, 2.24) is 39.0 Å². The van der Waals surface area contributed by atoms with Gasteiger partial charge in [0.1, 0.15) is 29.7 Å². The Balaban J connectivity index is 1.14. The molecule has 2 unspecified atom stereocenters. The summed E-state index contributed by atoms with van der Waals surface area (Å²) in [4.78, 5) is 26.1. The van der Waals surface area contributed by atoms with Crippen molar-refractivity contribution in [2.24, 2.45) is 0 Å². The van der Waals surface area contributed by atoms with E-state index in [0.29, 0.717) is 23.7 Å². The number of amides is 1. The fourth-order valence-electron chi connectivity index (χ4n) is 6.25. The number of hydrogen-bond donors (Lipinski definition) is 1. The van der Waals surface area contributed by atoms with Gasteiger partial charge in [0.25, 0.3) is 5.91 Å². The minimum Gasteiger partial charge on any atom is -0.457 e. The minimum absolute atomic E-state index is 0.0609. The van der Waals surface area contributed by atoms with Gasteiger partial charge in [0, 0.05) is 47.9 Å². The van der Waals surface area contributed by atoms with Crippen LogP contribution < -0.4 is 10.1 Å². The Hall–Kier alpha value is -5.03. The van der Waals surface area contributed by atoms with Gasteiger partial charge in [-0.05, 0) is 81.7 Å². The fraction of sp³-hybridized carbons (Fsp3) is 0.281. The number of fused-ring (bicyclic) bond motifs is 4. The predicted octanol–water partition coefficient (Wildman–Crippen LogP) is 4.88. The summed E-state index contributed by atoms with van der Waals surface area (Å²) in [6, 6.07) is 12.0. The van der Waals surface area contributed by atoms with Crippen LogP contribution in [0.15, 0.2) is 79.7 Å². The molecule has 1 amide bonds. The van der Waals surface area contributed by atoms with Crippen molar-refractivity contribution >= 4 is 34.1 Å². The number of hydrogen-bond acceptors (Lipinski definition) is 8. The molecule has 6 heterocycles. The number of benzene rings is 1. The molecule has 0 aliphatic carbocycles. The van der Waals surface area contributed by atoms with E-state index in [2.05, 4.69) is 44.2 Å². The van der Waals surface area contributed by atoms with Gasteiger partial charge in [0.05, 0.1) is 6.04 Å². The zero-order valence-electron chi connectivity index (χ0n) is 24.4. The molecule has 2 atom stereocenters. The molecular formula is C32H33N9O2. The van der Waals surface area contributed by atoms with E-state index < -0.39 is 0 Å². The molecule has 1 saturated heterocycles. The largest absolute Gasteiger partial charge is 0.457 e. The van der Waals surface area contributed by atoms with Crippen molar-refractivity contribution in [3.63, 3.8) is 0 Å². The van der Waals surface area contributed by atoms with Gasteiger partial charge in [-0.2, -0.15) is 10.2 Å². The van der Waals surface area contributed by atoms with Gasteiger partial charge in [0.2, 0.25) is 0 Å². The molecule has 2 aliphatic rings. The lowest BCUT2D eigenvalue weighted by atomic mass is 9.94. The van der Waals surface area contributed by atoms with E-state index in [4.69, 9.17) is 4.74 Å². The van der Waals surface area contributed by atoms with E-state index in [0.717, 1.165) is 53.0 Å². The smallest absolute Gasteiger partial charge is 0.251 e. The molecule has 7 rings (SSSR count). The van der Waals surface area contributed by atoms with Crippen LogP contribution in [0.2, 0.25) is 0 Å². The average molecular weight is 576 g/mol. The quantitative estimate of drug-likeness (QED) is 0.261. The minimum atomic E-state index is 0.0609. The van der Waals surface area contributed by atoms with Gasteiger partial charge >= 0.3 is 0 Å². The molecule has 11 nitrogen and oxygen atoms in total. The Morgan fingerprint density at radius 3 is 2.70 bits per heavy atom. The number of aromatic nitrogens is 6. The van der Waals surface area contributed by atoms with E-state index in [1.54, 1.807) is 10.8 Å². The zero-order chi connectivity index (χ0) is 29.7. The summed E-state index contributed by atoms with van der Waals surface area (Å²) in [5.41, 5.74) is 6.43. The Labute approximate surface area is 249 Å². The maximum atomic E-state index is 13.3. The molecule has 11 heteroatoms. The fourth-order valence-corrected chi connectivity index (χ4v) is 6.25. The second kappa shape index (κ2) is 10.7. The highest BCUT2D eigenvalue weighted by atomic mass is 16.5. The molecule has 0 spiro atoms. The van der Waals surface area contributed by atoms with Crippen LogP contribution in [0.25, 0.3) is 16.7 Å². The van der Waals surface area contributed by atoms with Crippen LogP contribution in [0, 0.1) is 6.92 Å². The highest BCUT2D eigenvalue weighted by molar-refractivity contribution is 5.95. The Morgan fingerprint density at radius 2 is 1.88 bits per heavy atom. The van der Waals surface area contributed by atoms with Crippen LogP contribution in [0.4, 0.5) is 11.5 Å². The first-order valence-corrected chi connectivity index (χ1v) is 14.4. The maximum Gasteiger partial charge on any atom is 0.251 e. The molecule has 2 bridgehead atoms. The molecule has 1 aromatic carbocycles. The number of ether oxygens (including phenoxy) is 1. The zero-order valence-corrected chi connectivity index (χ0v) is 24.4. The van der Waals surface area contributed by atoms with Crippen LogP contribution >= 0.6 is 0 Å². The molecule has 218 valence electrons. The standard InChI is InChI=1S/C32H33N9O2/c1-20-13-23(5-8-28(20)43-26-9-11-39-29(16-26)33-18-35-39)37-31-30-27(10-12-40(30)36-19-34-31)22-14-24-6-7-25(15-22)41(24)32(42)21(2)17-38(3)4/h5,8-14,16,18-19,24-25H,2,6-7,15,17H2,1,3-4H3,(H,34,36,37). The topological polar surface area (TPSA) is 105 Å². The molecule has 1 N–H and O–H groups in total. The second-order valence-corrected chi connectivity index (χ2v) is 11.5. The van der Waals surface area contributed by atoms with Crippen LogP contribution in [0.1, 0.15) is 30.4 Å². The van der Waals surface area contributed by atoms with E-state index in [1.165, 1.54) is 11.9 Å². The van der Waals surface area contributed by atoms with E-state index in [1.807, 2.05) is 78.1 Å². The Bertz CT molecular complexity index is 1900. The first-order chi connectivity index (χ1) is 20.8. The number of carbonyl (C=O) groups excluding carboxylic acids is 1. The van der Waals surface area contributed by atoms with Crippen molar-refractivity contribution in [1.29, 1.82) is 0 Å². The van der Waals surface area contributed by atoms with E-state index in [9.17, 15) is 4.79 Å². The van der Waals surface area contributed by atoms with Gasteiger partial charge in [-0.1, -0.05) is 12.7 Å². The summed E-state index contributed by atoms with van der Waals surface area (Å²) in [5.74, 6) is 2.22. The Kier molecular flexibility index (Phi) is 6.66. The van der Waals surface area contributed by atoms with Crippen molar-refractivity contribution in [2.75, 3.05) is 26.0 Å². The van der Waals surface area contributed by atoms with Crippen LogP contribution in [-0.4, -0.2) is 77.6 Å². The third kappa shape index (κ3) is 5.01. The van der Waals surface area contributed by atoms with E-state index in [-0.39, 0.29) is 18.0 Å². The maximum absolute atomic E-state index is 13.3. The average Bonchev–Trinajstić information content (AvgIpc) is 3.70. The first-order valence-electron chi connectivity index (χ1n) is 14.4. The van der Waals surface area contributed by atoms with Gasteiger partial charge in [0.15, 0.2) is 11.5 Å². The summed E-state index contributed by atoms with van der Waals surface area (Å²) in [5, 5.41) is 12.1. The lowest BCUT2D eigenvalue weighted by Crippen LogP contribution is -2.44. The third-order valence-electron chi connectivity index (χ3n) is 8.16. The number of likely N-dealkylation sites (N-methyl/N-ethyl adjacent to an activating group) is 1. The number of rotatable bonds is 8. The second-order valence-electron chi connectivity index (χ2n) is 11.5. The number of nitrogens with one attached hydrogen (secondary N) is 1. The van der Waals surface area contributed by atoms with Crippen LogP contribution in [0.3, 0.4) is 0 Å². The summed E-state index contributed by atoms with van der Waals surface area (Å²) in [7, 11) is 3.91. The first kappa shape index (κ1) is 26.8. The SMILES string of the molecule is C=C(CN(C)C)C(=O)N1C2C=C(c3ccn4ncnc(Nc5ccc(Oc6ccn7ncnc7c6)c(C)c5)c34)CC1CC2. The van der Waals surface area contributed by atoms with Gasteiger partial charge in [-0.25, -0.2) is 19.0 Å². The third-order valence-corrected chi connectivity index (χ3v) is 8.16. The molecule has 4 aromatic heterocycles. The number of aryl methyl sites for hydroxylation is 1. The summed E-state index contributed by atoms with van der Waals surface area (Å²) < 4.78 is 9.70. The molecular weight excluding hydrogens is 542 g/mol. The number of anilines is 2. The summed E-state index contributed by atoms with van der Waals surface area (Å²) in [6.45, 7) is 6.65. The van der Waals surface area contributed by atoms with Crippen LogP contribution in [-0.2, 0) is 4.79 Å². The molecule has 5 aromatic rings. The van der Waals surface area contributed by atoms with Gasteiger partial charge in [-0.15, -0.1) is 0 Å². The Morgan fingerprint density at radius 1 is 1.07 bits per heavy atom. The van der Waals surface area contributed by atoms with Crippen molar-refractivity contribution in [3.8, 4) is 11.5 Å². The summed E-state index contributed by atoms with van der Waals surface area (Å²) >= 11 is 0. The van der Waals surface area contributed by atoms with Crippen molar-refractivity contribution in [3.05, 3.63) is 90.8 Å². The summed E-state index contributed by atoms with van der Waals surface area (Å²) in [6.07, 6.45) is 11.8. The molecule has 1 fully saturated rings. The highest BCUT2D eigenvalue weighted by Gasteiger charge is 2.40. The van der Waals surface area contributed by atoms with Gasteiger partial charge in [-0.3, -0.25) is 4.79 Å². The number of carbonyl (C=O) groups is 1. The normalized spacial score (nSPS) is 18.0. The predicted molar refractivity (Wildman–Crippen MR) is 164 cm³/mol. The van der Waals surface area contributed by atoms with Crippen LogP contribution in [0.5, 0.6) is 11.5 Å². The molecule has 43 heavy (non-hydrogen) atoms. The highest BCUT2D eigenvalue weighted by Crippen LogP contribution is 2.41. The van der Waals surface area contributed by atoms with Crippen molar-refractivity contribution in [2.45, 2.75) is 38.3 Å². The number of pyridine rings is 1. The lowest BCUT2D eigenvalue weighted by Gasteiger charge is -2.35. The molecule has 0 radical (unpaired) electrons. The molecule has 0 saturated carbocycles. The van der Waals surface area contributed by atoms with Gasteiger partial charge < -0.3 is 19.9 Å². The van der Waals surface area contributed by atoms with E-state index >= 15 is 0 Å². The van der Waals surface area contributed by atoms with Crippen molar-refractivity contribution < 1.29 is 9.53 Å². The number of nitrogens with zero attached hydrogens (tertiary/aromatic N) is 8. The lowest BCUT2D eigenvalue weighted by molar-refractivity contribution is -0.129. The molecule has 2 aliphatic heterocycles.